The molecule has 1 atom stereocenters. The molecule has 0 amide bonds. The molecule has 1 rings (SSSR count). The largest absolute Gasteiger partial charge is 0.488 e. The van der Waals surface area contributed by atoms with Gasteiger partial charge in [-0.1, -0.05) is 6.92 Å². The lowest BCUT2D eigenvalue weighted by Crippen LogP contribution is -2.31. The minimum atomic E-state index is -0.768. The Morgan fingerprint density at radius 1 is 1.44 bits per heavy atom. The van der Waals surface area contributed by atoms with Crippen LogP contribution in [-0.4, -0.2) is 30.9 Å². The first-order valence-electron chi connectivity index (χ1n) is 5.10. The highest BCUT2D eigenvalue weighted by molar-refractivity contribution is 5.24. The van der Waals surface area contributed by atoms with Gasteiger partial charge in [0.2, 0.25) is 0 Å². The Labute approximate surface area is 93.0 Å². The number of likely N-dealkylation sites (N-methyl/N-ethyl adjacent to an activating group) is 1. The van der Waals surface area contributed by atoms with Gasteiger partial charge in [-0.2, -0.15) is 0 Å². The molecule has 0 saturated heterocycles. The fraction of sp³-hybridized carbons (Fsp3) is 0.455. The summed E-state index contributed by atoms with van der Waals surface area (Å²) in [4.78, 5) is 0. The van der Waals surface area contributed by atoms with Crippen LogP contribution in [0.5, 0.6) is 5.75 Å². The Morgan fingerprint density at radius 3 is 2.81 bits per heavy atom. The highest BCUT2D eigenvalue weighted by Crippen LogP contribution is 2.17. The van der Waals surface area contributed by atoms with E-state index in [2.05, 4.69) is 5.32 Å². The van der Waals surface area contributed by atoms with Crippen molar-refractivity contribution in [1.29, 1.82) is 0 Å². The van der Waals surface area contributed by atoms with E-state index in [1.54, 1.807) is 0 Å². The normalized spacial score (nSPS) is 12.5. The second-order valence-electron chi connectivity index (χ2n) is 3.35. The maximum absolute atomic E-state index is 13.1. The third-order valence-electron chi connectivity index (χ3n) is 1.96. The van der Waals surface area contributed by atoms with E-state index < -0.39 is 17.7 Å². The minimum absolute atomic E-state index is 0.0322. The van der Waals surface area contributed by atoms with E-state index in [1.165, 1.54) is 6.07 Å². The Morgan fingerprint density at radius 2 is 2.19 bits per heavy atom. The molecule has 3 nitrogen and oxygen atoms in total. The Hall–Kier alpha value is -1.20. The van der Waals surface area contributed by atoms with Crippen LogP contribution in [-0.2, 0) is 0 Å². The molecular weight excluding hydrogens is 216 g/mol. The van der Waals surface area contributed by atoms with Gasteiger partial charge in [-0.15, -0.1) is 0 Å². The van der Waals surface area contributed by atoms with Gasteiger partial charge < -0.3 is 15.2 Å². The molecule has 1 aromatic rings. The van der Waals surface area contributed by atoms with Gasteiger partial charge in [-0.3, -0.25) is 0 Å². The maximum atomic E-state index is 13.1. The predicted molar refractivity (Wildman–Crippen MR) is 56.4 cm³/mol. The van der Waals surface area contributed by atoms with Gasteiger partial charge in [0.05, 0.1) is 0 Å². The predicted octanol–water partition coefficient (Wildman–Crippen LogP) is 1.31. The summed E-state index contributed by atoms with van der Waals surface area (Å²) in [5.41, 5.74) is 0. The van der Waals surface area contributed by atoms with Crippen LogP contribution in [0.4, 0.5) is 8.78 Å². The van der Waals surface area contributed by atoms with E-state index >= 15 is 0 Å². The van der Waals surface area contributed by atoms with E-state index in [4.69, 9.17) is 4.74 Å². The quantitative estimate of drug-likeness (QED) is 0.775. The Bertz CT molecular complexity index is 334. The number of aliphatic hydroxyl groups excluding tert-OH is 1. The molecule has 0 radical (unpaired) electrons. The molecule has 1 aromatic carbocycles. The van der Waals surface area contributed by atoms with Crippen molar-refractivity contribution >= 4 is 0 Å². The number of hydrogen-bond acceptors (Lipinski definition) is 3. The lowest BCUT2D eigenvalue weighted by Gasteiger charge is -2.12. The molecule has 0 spiro atoms. The molecule has 0 aliphatic heterocycles. The Kier molecular flexibility index (Phi) is 5.14. The summed E-state index contributed by atoms with van der Waals surface area (Å²) in [7, 11) is 0. The number of halogens is 2. The zero-order chi connectivity index (χ0) is 12.0. The molecule has 0 saturated carbocycles. The average molecular weight is 231 g/mol. The third kappa shape index (κ3) is 4.12. The van der Waals surface area contributed by atoms with Crippen LogP contribution in [0.1, 0.15) is 6.92 Å². The summed E-state index contributed by atoms with van der Waals surface area (Å²) < 4.78 is 30.7. The summed E-state index contributed by atoms with van der Waals surface area (Å²) in [5, 5.41) is 12.3. The number of nitrogens with one attached hydrogen (secondary N) is 1. The first-order chi connectivity index (χ1) is 7.63. The van der Waals surface area contributed by atoms with Gasteiger partial charge in [-0.25, -0.2) is 8.78 Å². The molecule has 0 aliphatic rings. The van der Waals surface area contributed by atoms with Crippen LogP contribution in [0.15, 0.2) is 18.2 Å². The van der Waals surface area contributed by atoms with E-state index in [0.717, 1.165) is 18.7 Å². The van der Waals surface area contributed by atoms with E-state index in [9.17, 15) is 13.9 Å². The Balaban J connectivity index is 2.42. The molecular formula is C11H15F2NO2. The molecule has 90 valence electrons. The molecule has 1 unspecified atom stereocenters. The fourth-order valence-corrected chi connectivity index (χ4v) is 1.15. The SMILES string of the molecule is CCNCC(O)COc1ccc(F)cc1F. The molecule has 5 heteroatoms. The number of rotatable bonds is 6. The van der Waals surface area contributed by atoms with Crippen molar-refractivity contribution in [2.24, 2.45) is 0 Å². The lowest BCUT2D eigenvalue weighted by molar-refractivity contribution is 0.104. The molecule has 0 aliphatic carbocycles. The van der Waals surface area contributed by atoms with Gasteiger partial charge >= 0.3 is 0 Å². The molecule has 16 heavy (non-hydrogen) atoms. The van der Waals surface area contributed by atoms with Crippen LogP contribution >= 0.6 is 0 Å². The fourth-order valence-electron chi connectivity index (χ4n) is 1.15. The third-order valence-corrected chi connectivity index (χ3v) is 1.96. The van der Waals surface area contributed by atoms with Crippen molar-refractivity contribution in [2.75, 3.05) is 19.7 Å². The second-order valence-corrected chi connectivity index (χ2v) is 3.35. The van der Waals surface area contributed by atoms with Gasteiger partial charge in [0.15, 0.2) is 11.6 Å². The zero-order valence-corrected chi connectivity index (χ0v) is 9.04. The molecule has 0 fully saturated rings. The van der Waals surface area contributed by atoms with Crippen molar-refractivity contribution in [3.05, 3.63) is 29.8 Å². The number of benzene rings is 1. The van der Waals surface area contributed by atoms with E-state index in [1.807, 2.05) is 6.92 Å². The van der Waals surface area contributed by atoms with Gasteiger partial charge in [0, 0.05) is 12.6 Å². The highest BCUT2D eigenvalue weighted by Gasteiger charge is 2.08. The molecule has 0 bridgehead atoms. The maximum Gasteiger partial charge on any atom is 0.167 e. The molecule has 0 heterocycles. The van der Waals surface area contributed by atoms with E-state index in [-0.39, 0.29) is 12.4 Å². The van der Waals surface area contributed by atoms with Crippen molar-refractivity contribution in [3.8, 4) is 5.75 Å². The summed E-state index contributed by atoms with van der Waals surface area (Å²) in [5.74, 6) is -1.48. The van der Waals surface area contributed by atoms with Gasteiger partial charge in [0.25, 0.3) is 0 Å². The van der Waals surface area contributed by atoms with Crippen LogP contribution in [0.2, 0.25) is 0 Å². The van der Waals surface area contributed by atoms with Crippen LogP contribution in [0, 0.1) is 11.6 Å². The first kappa shape index (κ1) is 12.9. The topological polar surface area (TPSA) is 41.5 Å². The van der Waals surface area contributed by atoms with Crippen LogP contribution in [0.3, 0.4) is 0 Å². The number of aliphatic hydroxyl groups is 1. The summed E-state index contributed by atoms with van der Waals surface area (Å²) in [6, 6.07) is 3.05. The smallest absolute Gasteiger partial charge is 0.167 e. The monoisotopic (exact) mass is 231 g/mol. The minimum Gasteiger partial charge on any atom is -0.488 e. The zero-order valence-electron chi connectivity index (χ0n) is 9.04. The second kappa shape index (κ2) is 6.40. The first-order valence-corrected chi connectivity index (χ1v) is 5.10. The summed E-state index contributed by atoms with van der Waals surface area (Å²) in [6.07, 6.45) is -0.718. The number of ether oxygens (including phenoxy) is 1. The van der Waals surface area contributed by atoms with Crippen molar-refractivity contribution < 1.29 is 18.6 Å². The standard InChI is InChI=1S/C11H15F2NO2/c1-2-14-6-9(15)7-16-11-4-3-8(12)5-10(11)13/h3-5,9,14-15H,2,6-7H2,1H3. The molecule has 2 N–H and O–H groups in total. The highest BCUT2D eigenvalue weighted by atomic mass is 19.1. The van der Waals surface area contributed by atoms with Crippen molar-refractivity contribution in [1.82, 2.24) is 5.32 Å². The lowest BCUT2D eigenvalue weighted by atomic mass is 10.3. The number of hydrogen-bond donors (Lipinski definition) is 2. The molecule has 0 aromatic heterocycles. The van der Waals surface area contributed by atoms with Crippen LogP contribution < -0.4 is 10.1 Å². The average Bonchev–Trinajstić information content (AvgIpc) is 2.25. The summed E-state index contributed by atoms with van der Waals surface area (Å²) in [6.45, 7) is 2.99. The van der Waals surface area contributed by atoms with Crippen LogP contribution in [0.25, 0.3) is 0 Å². The van der Waals surface area contributed by atoms with Gasteiger partial charge in [-0.05, 0) is 18.7 Å². The van der Waals surface area contributed by atoms with Gasteiger partial charge in [0.1, 0.15) is 18.5 Å². The van der Waals surface area contributed by atoms with Crippen molar-refractivity contribution in [2.45, 2.75) is 13.0 Å². The van der Waals surface area contributed by atoms with E-state index in [0.29, 0.717) is 6.54 Å². The summed E-state index contributed by atoms with van der Waals surface area (Å²) >= 11 is 0. The van der Waals surface area contributed by atoms with Crippen molar-refractivity contribution in [3.63, 3.8) is 0 Å².